The molecule has 0 aliphatic heterocycles. The van der Waals surface area contributed by atoms with Crippen LogP contribution in [0.25, 0.3) is 0 Å². The van der Waals surface area contributed by atoms with E-state index in [2.05, 4.69) is 15.4 Å². The highest BCUT2D eigenvalue weighted by atomic mass is 19.1. The van der Waals surface area contributed by atoms with E-state index in [-0.39, 0.29) is 12.1 Å². The summed E-state index contributed by atoms with van der Waals surface area (Å²) in [7, 11) is 0. The Bertz CT molecular complexity index is 525. The van der Waals surface area contributed by atoms with Gasteiger partial charge >= 0.3 is 0 Å². The highest BCUT2D eigenvalue weighted by molar-refractivity contribution is 5.18. The standard InChI is InChI=1S/C12H14F2N4/c1-2-15-6-12-16-8-18(17-12)7-9-5-10(13)3-4-11(9)14/h3-5,8,15H,2,6-7H2,1H3. The van der Waals surface area contributed by atoms with Crippen molar-refractivity contribution in [2.24, 2.45) is 0 Å². The molecular weight excluding hydrogens is 238 g/mol. The molecule has 0 saturated heterocycles. The molecule has 0 unspecified atom stereocenters. The van der Waals surface area contributed by atoms with E-state index >= 15 is 0 Å². The zero-order valence-electron chi connectivity index (χ0n) is 10.0. The minimum absolute atomic E-state index is 0.169. The van der Waals surface area contributed by atoms with Gasteiger partial charge in [0.2, 0.25) is 0 Å². The smallest absolute Gasteiger partial charge is 0.164 e. The van der Waals surface area contributed by atoms with E-state index in [1.807, 2.05) is 6.92 Å². The summed E-state index contributed by atoms with van der Waals surface area (Å²) in [6.45, 7) is 3.55. The Morgan fingerprint density at radius 3 is 2.94 bits per heavy atom. The van der Waals surface area contributed by atoms with E-state index in [4.69, 9.17) is 0 Å². The van der Waals surface area contributed by atoms with Crippen LogP contribution in [0.1, 0.15) is 18.3 Å². The predicted octanol–water partition coefficient (Wildman–Crippen LogP) is 1.71. The van der Waals surface area contributed by atoms with Gasteiger partial charge in [-0.15, -0.1) is 0 Å². The second kappa shape index (κ2) is 5.68. The molecule has 0 fully saturated rings. The second-order valence-electron chi connectivity index (χ2n) is 3.87. The monoisotopic (exact) mass is 252 g/mol. The van der Waals surface area contributed by atoms with E-state index in [1.165, 1.54) is 17.1 Å². The number of nitrogens with zero attached hydrogens (tertiary/aromatic N) is 3. The number of halogens is 2. The normalized spacial score (nSPS) is 10.8. The SMILES string of the molecule is CCNCc1ncn(Cc2cc(F)ccc2F)n1. The third-order valence-corrected chi connectivity index (χ3v) is 2.46. The number of hydrogen-bond acceptors (Lipinski definition) is 3. The Hall–Kier alpha value is -1.82. The molecule has 4 nitrogen and oxygen atoms in total. The third-order valence-electron chi connectivity index (χ3n) is 2.46. The molecule has 1 aromatic carbocycles. The molecule has 0 amide bonds. The van der Waals surface area contributed by atoms with Crippen LogP contribution in [-0.4, -0.2) is 21.3 Å². The molecule has 0 aliphatic rings. The molecule has 18 heavy (non-hydrogen) atoms. The van der Waals surface area contributed by atoms with Crippen LogP contribution in [0.5, 0.6) is 0 Å². The fourth-order valence-electron chi connectivity index (χ4n) is 1.57. The lowest BCUT2D eigenvalue weighted by atomic mass is 10.2. The summed E-state index contributed by atoms with van der Waals surface area (Å²) in [6, 6.07) is 3.37. The molecule has 2 aromatic rings. The van der Waals surface area contributed by atoms with E-state index in [0.29, 0.717) is 12.4 Å². The first-order valence-corrected chi connectivity index (χ1v) is 5.72. The molecule has 96 valence electrons. The number of rotatable bonds is 5. The molecule has 1 heterocycles. The first-order valence-electron chi connectivity index (χ1n) is 5.72. The van der Waals surface area contributed by atoms with Crippen molar-refractivity contribution in [3.05, 3.63) is 47.5 Å². The Morgan fingerprint density at radius 1 is 1.33 bits per heavy atom. The van der Waals surface area contributed by atoms with Crippen LogP contribution in [0.4, 0.5) is 8.78 Å². The maximum Gasteiger partial charge on any atom is 0.164 e. The van der Waals surface area contributed by atoms with Gasteiger partial charge in [-0.2, -0.15) is 5.10 Å². The molecule has 6 heteroatoms. The van der Waals surface area contributed by atoms with Crippen LogP contribution >= 0.6 is 0 Å². The summed E-state index contributed by atoms with van der Waals surface area (Å²) in [4.78, 5) is 4.08. The molecular formula is C12H14F2N4. The van der Waals surface area contributed by atoms with E-state index in [0.717, 1.165) is 18.7 Å². The number of hydrogen-bond donors (Lipinski definition) is 1. The third kappa shape index (κ3) is 3.10. The Labute approximate surface area is 104 Å². The average molecular weight is 252 g/mol. The molecule has 0 radical (unpaired) electrons. The van der Waals surface area contributed by atoms with Crippen molar-refractivity contribution in [2.45, 2.75) is 20.0 Å². The zero-order chi connectivity index (χ0) is 13.0. The molecule has 1 N–H and O–H groups in total. The van der Waals surface area contributed by atoms with E-state index in [1.54, 1.807) is 0 Å². The molecule has 0 spiro atoms. The van der Waals surface area contributed by atoms with Crippen LogP contribution in [0.2, 0.25) is 0 Å². The Morgan fingerprint density at radius 2 is 2.17 bits per heavy atom. The summed E-state index contributed by atoms with van der Waals surface area (Å²) < 4.78 is 27.9. The van der Waals surface area contributed by atoms with Crippen molar-refractivity contribution in [3.63, 3.8) is 0 Å². The quantitative estimate of drug-likeness (QED) is 0.881. The fraction of sp³-hybridized carbons (Fsp3) is 0.333. The van der Waals surface area contributed by atoms with Gasteiger partial charge in [0, 0.05) is 5.56 Å². The van der Waals surface area contributed by atoms with E-state index < -0.39 is 11.6 Å². The molecule has 1 aromatic heterocycles. The van der Waals surface area contributed by atoms with Crippen molar-refractivity contribution in [3.8, 4) is 0 Å². The lowest BCUT2D eigenvalue weighted by Crippen LogP contribution is -2.13. The van der Waals surface area contributed by atoms with Gasteiger partial charge in [-0.05, 0) is 24.7 Å². The summed E-state index contributed by atoms with van der Waals surface area (Å²) in [5.74, 6) is -0.270. The van der Waals surface area contributed by atoms with Gasteiger partial charge in [-0.1, -0.05) is 6.92 Å². The molecule has 0 atom stereocenters. The van der Waals surface area contributed by atoms with Crippen LogP contribution < -0.4 is 5.32 Å². The summed E-state index contributed by atoms with van der Waals surface area (Å²) in [5, 5.41) is 7.26. The molecule has 2 rings (SSSR count). The van der Waals surface area contributed by atoms with Gasteiger partial charge in [-0.3, -0.25) is 0 Å². The van der Waals surface area contributed by atoms with Gasteiger partial charge in [0.25, 0.3) is 0 Å². The molecule has 0 bridgehead atoms. The van der Waals surface area contributed by atoms with Crippen molar-refractivity contribution < 1.29 is 8.78 Å². The molecule has 0 saturated carbocycles. The van der Waals surface area contributed by atoms with Gasteiger partial charge < -0.3 is 5.32 Å². The van der Waals surface area contributed by atoms with E-state index in [9.17, 15) is 8.78 Å². The molecule has 0 aliphatic carbocycles. The van der Waals surface area contributed by atoms with Crippen LogP contribution in [0.3, 0.4) is 0 Å². The topological polar surface area (TPSA) is 42.7 Å². The fourth-order valence-corrected chi connectivity index (χ4v) is 1.57. The van der Waals surface area contributed by atoms with Crippen molar-refractivity contribution in [1.82, 2.24) is 20.1 Å². The highest BCUT2D eigenvalue weighted by Gasteiger charge is 2.06. The second-order valence-corrected chi connectivity index (χ2v) is 3.87. The minimum Gasteiger partial charge on any atom is -0.310 e. The first kappa shape index (κ1) is 12.6. The highest BCUT2D eigenvalue weighted by Crippen LogP contribution is 2.10. The average Bonchev–Trinajstić information content (AvgIpc) is 2.79. The zero-order valence-corrected chi connectivity index (χ0v) is 10.0. The van der Waals surface area contributed by atoms with Crippen molar-refractivity contribution in [2.75, 3.05) is 6.54 Å². The lowest BCUT2D eigenvalue weighted by Gasteiger charge is -2.03. The summed E-state index contributed by atoms with van der Waals surface area (Å²) in [6.07, 6.45) is 1.51. The summed E-state index contributed by atoms with van der Waals surface area (Å²) >= 11 is 0. The van der Waals surface area contributed by atoms with Crippen molar-refractivity contribution >= 4 is 0 Å². The predicted molar refractivity (Wildman–Crippen MR) is 62.9 cm³/mol. The van der Waals surface area contributed by atoms with Crippen molar-refractivity contribution in [1.29, 1.82) is 0 Å². The largest absolute Gasteiger partial charge is 0.310 e. The van der Waals surface area contributed by atoms with Gasteiger partial charge in [0.1, 0.15) is 18.0 Å². The first-order chi connectivity index (χ1) is 8.69. The number of benzene rings is 1. The maximum absolute atomic E-state index is 13.4. The Kier molecular flexibility index (Phi) is 3.99. The van der Waals surface area contributed by atoms with Crippen LogP contribution in [0, 0.1) is 11.6 Å². The van der Waals surface area contributed by atoms with Crippen LogP contribution in [0.15, 0.2) is 24.5 Å². The maximum atomic E-state index is 13.4. The number of nitrogens with one attached hydrogen (secondary N) is 1. The van der Waals surface area contributed by atoms with Gasteiger partial charge in [0.15, 0.2) is 5.82 Å². The van der Waals surface area contributed by atoms with Gasteiger partial charge in [0.05, 0.1) is 13.1 Å². The minimum atomic E-state index is -0.459. The Balaban J connectivity index is 2.08. The lowest BCUT2D eigenvalue weighted by molar-refractivity contribution is 0.563. The number of aromatic nitrogens is 3. The summed E-state index contributed by atoms with van der Waals surface area (Å²) in [5.41, 5.74) is 0.259. The van der Waals surface area contributed by atoms with Crippen LogP contribution in [-0.2, 0) is 13.1 Å². The van der Waals surface area contributed by atoms with Gasteiger partial charge in [-0.25, -0.2) is 18.4 Å².